The van der Waals surface area contributed by atoms with E-state index in [-0.39, 0.29) is 12.1 Å². The van der Waals surface area contributed by atoms with Crippen molar-refractivity contribution in [1.82, 2.24) is 5.32 Å². The minimum atomic E-state index is 0.167. The van der Waals surface area contributed by atoms with Crippen LogP contribution in [0.25, 0.3) is 0 Å². The summed E-state index contributed by atoms with van der Waals surface area (Å²) in [5.41, 5.74) is 2.46. The summed E-state index contributed by atoms with van der Waals surface area (Å²) in [5, 5.41) is 3.36. The van der Waals surface area contributed by atoms with Crippen LogP contribution in [0.1, 0.15) is 31.0 Å². The minimum Gasteiger partial charge on any atom is -0.491 e. The first-order chi connectivity index (χ1) is 9.51. The van der Waals surface area contributed by atoms with Gasteiger partial charge in [-0.05, 0) is 82.1 Å². The quantitative estimate of drug-likeness (QED) is 0.704. The molecule has 5 heteroatoms. The monoisotopic (exact) mass is 417 g/mol. The van der Waals surface area contributed by atoms with Crippen molar-refractivity contribution >= 4 is 43.2 Å². The van der Waals surface area contributed by atoms with Gasteiger partial charge in [0.1, 0.15) is 5.75 Å². The van der Waals surface area contributed by atoms with Crippen LogP contribution in [0.3, 0.4) is 0 Å². The highest BCUT2D eigenvalue weighted by atomic mass is 79.9. The third-order valence-corrected chi connectivity index (χ3v) is 5.25. The van der Waals surface area contributed by atoms with E-state index in [4.69, 9.17) is 4.74 Å². The van der Waals surface area contributed by atoms with Gasteiger partial charge in [0.05, 0.1) is 19.7 Å². The molecule has 1 unspecified atom stereocenters. The van der Waals surface area contributed by atoms with E-state index in [1.54, 1.807) is 11.3 Å². The molecular weight excluding hydrogens is 402 g/mol. The second kappa shape index (κ2) is 7.07. The van der Waals surface area contributed by atoms with E-state index in [1.165, 1.54) is 11.1 Å². The van der Waals surface area contributed by atoms with E-state index in [2.05, 4.69) is 55.4 Å². The Morgan fingerprint density at radius 2 is 1.80 bits per heavy atom. The number of nitrogens with one attached hydrogen (secondary N) is 1. The Balaban J connectivity index is 2.26. The molecule has 0 saturated heterocycles. The predicted molar refractivity (Wildman–Crippen MR) is 92.8 cm³/mol. The highest BCUT2D eigenvalue weighted by molar-refractivity contribution is 9.12. The fourth-order valence-electron chi connectivity index (χ4n) is 2.06. The number of halogens is 2. The van der Waals surface area contributed by atoms with Gasteiger partial charge in [-0.25, -0.2) is 0 Å². The lowest BCUT2D eigenvalue weighted by Crippen LogP contribution is -2.17. The average molecular weight is 419 g/mol. The molecule has 2 nitrogen and oxygen atoms in total. The lowest BCUT2D eigenvalue weighted by atomic mass is 10.0. The van der Waals surface area contributed by atoms with Crippen LogP contribution in [0, 0.1) is 0 Å². The molecule has 1 aromatic heterocycles. The molecule has 0 aliphatic rings. The summed E-state index contributed by atoms with van der Waals surface area (Å²) in [6.45, 7) is 4.06. The predicted octanol–water partition coefficient (Wildman–Crippen LogP) is 5.37. The zero-order valence-electron chi connectivity index (χ0n) is 11.6. The van der Waals surface area contributed by atoms with Crippen LogP contribution < -0.4 is 10.1 Å². The second-order valence-corrected chi connectivity index (χ2v) is 8.49. The number of thiophene rings is 1. The molecule has 2 aromatic rings. The summed E-state index contributed by atoms with van der Waals surface area (Å²) in [6, 6.07) is 10.6. The van der Waals surface area contributed by atoms with E-state index in [1.807, 2.05) is 33.0 Å². The van der Waals surface area contributed by atoms with Crippen LogP contribution in [0.15, 0.2) is 37.9 Å². The van der Waals surface area contributed by atoms with Crippen LogP contribution >= 0.6 is 43.2 Å². The summed E-state index contributed by atoms with van der Waals surface area (Å²) < 4.78 is 7.95. The molecule has 0 spiro atoms. The molecule has 1 heterocycles. The Bertz CT molecular complexity index is 566. The molecule has 0 saturated carbocycles. The zero-order chi connectivity index (χ0) is 14.7. The highest BCUT2D eigenvalue weighted by Crippen LogP contribution is 2.38. The number of benzene rings is 1. The number of rotatable bonds is 5. The maximum Gasteiger partial charge on any atom is 0.119 e. The third kappa shape index (κ3) is 3.85. The van der Waals surface area contributed by atoms with Gasteiger partial charge in [0.25, 0.3) is 0 Å². The van der Waals surface area contributed by atoms with Crippen LogP contribution in [0.2, 0.25) is 0 Å². The molecule has 0 radical (unpaired) electrons. The van der Waals surface area contributed by atoms with Crippen LogP contribution in [0.4, 0.5) is 0 Å². The van der Waals surface area contributed by atoms with Crippen LogP contribution in [0.5, 0.6) is 5.75 Å². The Labute approximate surface area is 140 Å². The van der Waals surface area contributed by atoms with Gasteiger partial charge in [0.2, 0.25) is 0 Å². The third-order valence-electron chi connectivity index (χ3n) is 2.87. The number of hydrogen-bond acceptors (Lipinski definition) is 3. The van der Waals surface area contributed by atoms with Gasteiger partial charge in [-0.3, -0.25) is 0 Å². The van der Waals surface area contributed by atoms with Crippen molar-refractivity contribution in [1.29, 1.82) is 0 Å². The first-order valence-corrected chi connectivity index (χ1v) is 8.80. The highest BCUT2D eigenvalue weighted by Gasteiger charge is 2.17. The Kier molecular flexibility index (Phi) is 5.66. The van der Waals surface area contributed by atoms with Gasteiger partial charge in [0, 0.05) is 0 Å². The molecule has 1 atom stereocenters. The molecule has 1 N–H and O–H groups in total. The van der Waals surface area contributed by atoms with Gasteiger partial charge in [-0.1, -0.05) is 12.1 Å². The lowest BCUT2D eigenvalue weighted by molar-refractivity contribution is 0.242. The molecule has 20 heavy (non-hydrogen) atoms. The molecule has 108 valence electrons. The summed E-state index contributed by atoms with van der Waals surface area (Å²) in [7, 11) is 1.97. The summed E-state index contributed by atoms with van der Waals surface area (Å²) in [6.07, 6.45) is 0.197. The smallest absolute Gasteiger partial charge is 0.119 e. The SMILES string of the molecule is CNC(c1ccc(OC(C)C)cc1)c1cc(Br)sc1Br. The Morgan fingerprint density at radius 1 is 1.15 bits per heavy atom. The topological polar surface area (TPSA) is 21.3 Å². The number of hydrogen-bond donors (Lipinski definition) is 1. The maximum atomic E-state index is 5.68. The molecule has 0 aliphatic carbocycles. The largest absolute Gasteiger partial charge is 0.491 e. The molecular formula is C15H17Br2NOS. The van der Waals surface area contributed by atoms with Crippen molar-refractivity contribution in [3.63, 3.8) is 0 Å². The number of ether oxygens (including phenoxy) is 1. The van der Waals surface area contributed by atoms with E-state index in [9.17, 15) is 0 Å². The van der Waals surface area contributed by atoms with Crippen molar-refractivity contribution in [2.24, 2.45) is 0 Å². The van der Waals surface area contributed by atoms with Gasteiger partial charge in [-0.2, -0.15) is 0 Å². The standard InChI is InChI=1S/C15H17Br2NOS/c1-9(2)19-11-6-4-10(5-7-11)14(18-3)12-8-13(16)20-15(12)17/h4-9,14,18H,1-3H3. The fourth-order valence-corrected chi connectivity index (χ4v) is 4.96. The minimum absolute atomic E-state index is 0.167. The van der Waals surface area contributed by atoms with Gasteiger partial charge in [-0.15, -0.1) is 11.3 Å². The molecule has 1 aromatic carbocycles. The van der Waals surface area contributed by atoms with Crippen molar-refractivity contribution in [2.75, 3.05) is 7.05 Å². The first-order valence-electron chi connectivity index (χ1n) is 6.40. The summed E-state index contributed by atoms with van der Waals surface area (Å²) in [5.74, 6) is 0.907. The van der Waals surface area contributed by atoms with Gasteiger partial charge in [0.15, 0.2) is 0 Å². The van der Waals surface area contributed by atoms with Crippen molar-refractivity contribution in [3.05, 3.63) is 49.0 Å². The zero-order valence-corrected chi connectivity index (χ0v) is 15.6. The molecule has 0 amide bonds. The Morgan fingerprint density at radius 3 is 2.25 bits per heavy atom. The normalized spacial score (nSPS) is 12.7. The second-order valence-electron chi connectivity index (χ2n) is 4.74. The molecule has 2 rings (SSSR count). The van der Waals surface area contributed by atoms with E-state index in [0.29, 0.717) is 0 Å². The van der Waals surface area contributed by atoms with E-state index < -0.39 is 0 Å². The average Bonchev–Trinajstić information content (AvgIpc) is 2.71. The van der Waals surface area contributed by atoms with Gasteiger partial charge >= 0.3 is 0 Å². The summed E-state index contributed by atoms with van der Waals surface area (Å²) >= 11 is 8.85. The Hall–Kier alpha value is -0.360. The van der Waals surface area contributed by atoms with Crippen LogP contribution in [-0.2, 0) is 0 Å². The van der Waals surface area contributed by atoms with Crippen molar-refractivity contribution in [2.45, 2.75) is 26.0 Å². The van der Waals surface area contributed by atoms with Crippen LogP contribution in [-0.4, -0.2) is 13.2 Å². The van der Waals surface area contributed by atoms with E-state index in [0.717, 1.165) is 13.3 Å². The fraction of sp³-hybridized carbons (Fsp3) is 0.333. The molecule has 0 bridgehead atoms. The summed E-state index contributed by atoms with van der Waals surface area (Å²) in [4.78, 5) is 0. The van der Waals surface area contributed by atoms with Crippen molar-refractivity contribution in [3.8, 4) is 5.75 Å². The first kappa shape index (κ1) is 16.0. The maximum absolute atomic E-state index is 5.68. The lowest BCUT2D eigenvalue weighted by Gasteiger charge is -2.17. The molecule has 0 fully saturated rings. The van der Waals surface area contributed by atoms with Gasteiger partial charge < -0.3 is 10.1 Å². The molecule has 0 aliphatic heterocycles. The van der Waals surface area contributed by atoms with E-state index >= 15 is 0 Å². The van der Waals surface area contributed by atoms with Crippen molar-refractivity contribution < 1.29 is 4.74 Å².